The van der Waals surface area contributed by atoms with Crippen LogP contribution in [0.15, 0.2) is 53.9 Å². The molecule has 1 unspecified atom stereocenters. The zero-order valence-electron chi connectivity index (χ0n) is 16.0. The number of rotatable bonds is 8. The molecule has 3 heterocycles. The molecule has 0 radical (unpaired) electrons. The van der Waals surface area contributed by atoms with Crippen molar-refractivity contribution in [3.63, 3.8) is 0 Å². The van der Waals surface area contributed by atoms with Crippen LogP contribution in [-0.2, 0) is 6.42 Å². The lowest BCUT2D eigenvalue weighted by molar-refractivity contribution is 0.452. The van der Waals surface area contributed by atoms with Gasteiger partial charge in [-0.1, -0.05) is 69.9 Å². The number of benzene rings is 1. The number of thiophene rings is 3. The summed E-state index contributed by atoms with van der Waals surface area (Å²) in [7, 11) is 0. The normalized spacial score (nSPS) is 12.7. The zero-order chi connectivity index (χ0) is 18.6. The van der Waals surface area contributed by atoms with E-state index >= 15 is 0 Å². The first kappa shape index (κ1) is 18.9. The Morgan fingerprint density at radius 1 is 0.815 bits per heavy atom. The van der Waals surface area contributed by atoms with Gasteiger partial charge in [-0.15, -0.1) is 34.0 Å². The molecule has 0 fully saturated rings. The Labute approximate surface area is 174 Å². The first-order valence-corrected chi connectivity index (χ1v) is 12.5. The molecule has 1 atom stereocenters. The third kappa shape index (κ3) is 4.06. The van der Waals surface area contributed by atoms with Crippen molar-refractivity contribution in [3.05, 3.63) is 58.8 Å². The molecular formula is C24H26S3. The molecule has 0 amide bonds. The molecule has 4 rings (SSSR count). The van der Waals surface area contributed by atoms with Crippen molar-refractivity contribution >= 4 is 44.8 Å². The second-order valence-electron chi connectivity index (χ2n) is 7.17. The molecule has 0 spiro atoms. The summed E-state index contributed by atoms with van der Waals surface area (Å²) >= 11 is 5.80. The Bertz CT molecular complexity index is 988. The fraction of sp³-hybridized carbons (Fsp3) is 0.333. The van der Waals surface area contributed by atoms with Crippen molar-refractivity contribution < 1.29 is 0 Å². The van der Waals surface area contributed by atoms with Gasteiger partial charge in [0.25, 0.3) is 0 Å². The lowest BCUT2D eigenvalue weighted by atomic mass is 9.95. The average molecular weight is 411 g/mol. The summed E-state index contributed by atoms with van der Waals surface area (Å²) in [6.07, 6.45) is 6.56. The van der Waals surface area contributed by atoms with Crippen molar-refractivity contribution in [2.75, 3.05) is 0 Å². The van der Waals surface area contributed by atoms with Gasteiger partial charge in [-0.25, -0.2) is 0 Å². The SMILES string of the molecule is CCCCC(CC)Cc1ccc(-c2sc(-c3cccs3)c3ccccc23)s1. The summed E-state index contributed by atoms with van der Waals surface area (Å²) in [5.41, 5.74) is 0. The van der Waals surface area contributed by atoms with Crippen LogP contribution >= 0.6 is 34.0 Å². The van der Waals surface area contributed by atoms with Gasteiger partial charge in [0.2, 0.25) is 0 Å². The highest BCUT2D eigenvalue weighted by Gasteiger charge is 2.16. The molecule has 0 aliphatic carbocycles. The van der Waals surface area contributed by atoms with Gasteiger partial charge in [-0.2, -0.15) is 0 Å². The van der Waals surface area contributed by atoms with E-state index in [1.54, 1.807) is 4.88 Å². The van der Waals surface area contributed by atoms with Gasteiger partial charge < -0.3 is 0 Å². The minimum absolute atomic E-state index is 0.832. The molecule has 3 aromatic heterocycles. The number of hydrogen-bond acceptors (Lipinski definition) is 3. The Kier molecular flexibility index (Phi) is 6.11. The molecule has 0 N–H and O–H groups in total. The molecular weight excluding hydrogens is 384 g/mol. The Morgan fingerprint density at radius 3 is 2.26 bits per heavy atom. The van der Waals surface area contributed by atoms with Crippen LogP contribution in [0.3, 0.4) is 0 Å². The lowest BCUT2D eigenvalue weighted by Gasteiger charge is -2.12. The van der Waals surface area contributed by atoms with Gasteiger partial charge >= 0.3 is 0 Å². The fourth-order valence-corrected chi connectivity index (χ4v) is 7.09. The summed E-state index contributed by atoms with van der Waals surface area (Å²) in [6, 6.07) is 18.0. The van der Waals surface area contributed by atoms with Gasteiger partial charge in [0, 0.05) is 25.4 Å². The van der Waals surface area contributed by atoms with E-state index in [2.05, 4.69) is 67.8 Å². The van der Waals surface area contributed by atoms with E-state index in [4.69, 9.17) is 0 Å². The number of hydrogen-bond donors (Lipinski definition) is 0. The minimum atomic E-state index is 0.832. The molecule has 0 aliphatic rings. The van der Waals surface area contributed by atoms with Crippen LogP contribution in [-0.4, -0.2) is 0 Å². The molecule has 0 saturated carbocycles. The van der Waals surface area contributed by atoms with Crippen molar-refractivity contribution in [2.24, 2.45) is 5.92 Å². The van der Waals surface area contributed by atoms with Gasteiger partial charge in [-0.05, 0) is 35.9 Å². The fourth-order valence-electron chi connectivity index (χ4n) is 3.70. The molecule has 0 nitrogen and oxygen atoms in total. The van der Waals surface area contributed by atoms with Gasteiger partial charge in [0.05, 0.1) is 9.75 Å². The molecule has 4 aromatic rings. The van der Waals surface area contributed by atoms with Crippen molar-refractivity contribution in [3.8, 4) is 19.5 Å². The summed E-state index contributed by atoms with van der Waals surface area (Å²) in [5.74, 6) is 0.832. The lowest BCUT2D eigenvalue weighted by Crippen LogP contribution is -2.01. The Morgan fingerprint density at radius 2 is 1.59 bits per heavy atom. The zero-order valence-corrected chi connectivity index (χ0v) is 18.5. The summed E-state index contributed by atoms with van der Waals surface area (Å²) in [5, 5.41) is 4.97. The summed E-state index contributed by atoms with van der Waals surface area (Å²) in [6.45, 7) is 4.64. The van der Waals surface area contributed by atoms with E-state index in [1.807, 2.05) is 34.0 Å². The highest BCUT2D eigenvalue weighted by Crippen LogP contribution is 2.47. The van der Waals surface area contributed by atoms with E-state index in [9.17, 15) is 0 Å². The van der Waals surface area contributed by atoms with Gasteiger partial charge in [-0.3, -0.25) is 0 Å². The molecule has 140 valence electrons. The van der Waals surface area contributed by atoms with Crippen LogP contribution in [0.5, 0.6) is 0 Å². The second-order valence-corrected chi connectivity index (χ2v) is 10.3. The average Bonchev–Trinajstić information content (AvgIpc) is 3.43. The third-order valence-electron chi connectivity index (χ3n) is 5.28. The monoisotopic (exact) mass is 410 g/mol. The highest BCUT2D eigenvalue weighted by atomic mass is 32.1. The van der Waals surface area contributed by atoms with Crippen LogP contribution in [0.25, 0.3) is 30.3 Å². The maximum Gasteiger partial charge on any atom is 0.0528 e. The van der Waals surface area contributed by atoms with E-state index < -0.39 is 0 Å². The maximum atomic E-state index is 2.37. The number of unbranched alkanes of at least 4 members (excludes halogenated alkanes) is 1. The Balaban J connectivity index is 1.66. The smallest absolute Gasteiger partial charge is 0.0528 e. The van der Waals surface area contributed by atoms with Gasteiger partial charge in [0.1, 0.15) is 0 Å². The summed E-state index contributed by atoms with van der Waals surface area (Å²) < 4.78 is 0. The van der Waals surface area contributed by atoms with E-state index in [0.29, 0.717) is 0 Å². The Hall–Kier alpha value is -1.42. The van der Waals surface area contributed by atoms with E-state index in [0.717, 1.165) is 5.92 Å². The van der Waals surface area contributed by atoms with Crippen molar-refractivity contribution in [1.82, 2.24) is 0 Å². The highest BCUT2D eigenvalue weighted by molar-refractivity contribution is 7.27. The molecule has 0 saturated heterocycles. The summed E-state index contributed by atoms with van der Waals surface area (Å²) in [4.78, 5) is 7.21. The van der Waals surface area contributed by atoms with Crippen LogP contribution in [0, 0.1) is 5.92 Å². The topological polar surface area (TPSA) is 0 Å². The minimum Gasteiger partial charge on any atom is -0.143 e. The first-order chi connectivity index (χ1) is 13.3. The predicted molar refractivity (Wildman–Crippen MR) is 125 cm³/mol. The van der Waals surface area contributed by atoms with E-state index in [1.165, 1.54) is 62.4 Å². The van der Waals surface area contributed by atoms with Crippen molar-refractivity contribution in [2.45, 2.75) is 46.0 Å². The van der Waals surface area contributed by atoms with Crippen molar-refractivity contribution in [1.29, 1.82) is 0 Å². The number of fused-ring (bicyclic) bond motifs is 1. The second kappa shape index (κ2) is 8.72. The predicted octanol–water partition coefficient (Wildman–Crippen LogP) is 9.12. The molecule has 0 bridgehead atoms. The van der Waals surface area contributed by atoms with Crippen LogP contribution in [0.2, 0.25) is 0 Å². The van der Waals surface area contributed by atoms with Crippen LogP contribution < -0.4 is 0 Å². The molecule has 0 aliphatic heterocycles. The van der Waals surface area contributed by atoms with E-state index in [-0.39, 0.29) is 0 Å². The first-order valence-electron chi connectivity index (χ1n) is 9.94. The molecule has 1 aromatic carbocycles. The quantitative estimate of drug-likeness (QED) is 0.272. The molecule has 27 heavy (non-hydrogen) atoms. The third-order valence-corrected chi connectivity index (χ3v) is 8.84. The molecule has 3 heteroatoms. The van der Waals surface area contributed by atoms with Gasteiger partial charge in [0.15, 0.2) is 0 Å². The standard InChI is InChI=1S/C24H26S3/c1-3-5-9-17(4-2)16-18-13-14-22(26-18)24-20-11-7-6-10-19(20)23(27-24)21-12-8-15-25-21/h6-8,10-15,17H,3-5,9,16H2,1-2H3. The van der Waals surface area contributed by atoms with Crippen LogP contribution in [0.4, 0.5) is 0 Å². The maximum absolute atomic E-state index is 2.37. The largest absolute Gasteiger partial charge is 0.143 e. The van der Waals surface area contributed by atoms with Crippen LogP contribution in [0.1, 0.15) is 44.4 Å².